The summed E-state index contributed by atoms with van der Waals surface area (Å²) in [6, 6.07) is 4.24. The van der Waals surface area contributed by atoms with Crippen LogP contribution in [0.5, 0.6) is 0 Å². The number of anilines is 1. The van der Waals surface area contributed by atoms with Crippen molar-refractivity contribution in [3.8, 4) is 0 Å². The molecule has 2 saturated carbocycles. The zero-order chi connectivity index (χ0) is 17.6. The maximum Gasteiger partial charge on any atom is 0.229 e. The van der Waals surface area contributed by atoms with E-state index in [1.54, 1.807) is 6.92 Å². The molecule has 0 saturated heterocycles. The molecule has 2 aliphatic rings. The second-order valence-corrected chi connectivity index (χ2v) is 8.05. The molecule has 6 nitrogen and oxygen atoms in total. The Labute approximate surface area is 147 Å². The van der Waals surface area contributed by atoms with Gasteiger partial charge in [-0.05, 0) is 57.6 Å². The number of fused-ring (bicyclic) bond motifs is 1. The van der Waals surface area contributed by atoms with Gasteiger partial charge in [0.2, 0.25) is 11.9 Å². The van der Waals surface area contributed by atoms with Crippen LogP contribution >= 0.6 is 0 Å². The molecule has 0 radical (unpaired) electrons. The Bertz CT molecular complexity index is 803. The Morgan fingerprint density at radius 1 is 1.32 bits per heavy atom. The van der Waals surface area contributed by atoms with Gasteiger partial charge in [0.25, 0.3) is 0 Å². The van der Waals surface area contributed by atoms with Crippen LogP contribution in [-0.4, -0.2) is 31.1 Å². The topological polar surface area (TPSA) is 80.0 Å². The molecular formula is C19H26N4O2. The van der Waals surface area contributed by atoms with E-state index in [1.807, 2.05) is 19.1 Å². The van der Waals surface area contributed by atoms with Crippen molar-refractivity contribution in [3.05, 3.63) is 17.8 Å². The van der Waals surface area contributed by atoms with Gasteiger partial charge >= 0.3 is 0 Å². The van der Waals surface area contributed by atoms with Crippen LogP contribution in [0.2, 0.25) is 0 Å². The third kappa shape index (κ3) is 3.54. The van der Waals surface area contributed by atoms with Gasteiger partial charge < -0.3 is 5.11 Å². The second-order valence-electron chi connectivity index (χ2n) is 8.05. The minimum absolute atomic E-state index is 0.101. The zero-order valence-electron chi connectivity index (χ0n) is 15.0. The van der Waals surface area contributed by atoms with Crippen LogP contribution in [0, 0.1) is 12.8 Å². The normalized spacial score (nSPS) is 20.3. The van der Waals surface area contributed by atoms with Crippen molar-refractivity contribution in [2.75, 3.05) is 5.32 Å². The molecule has 1 amide bonds. The average molecular weight is 342 g/mol. The average Bonchev–Trinajstić information content (AvgIpc) is 3.20. The number of aryl methyl sites for hydroxylation is 1. The number of imidazole rings is 1. The van der Waals surface area contributed by atoms with Crippen LogP contribution < -0.4 is 5.32 Å². The maximum absolute atomic E-state index is 12.5. The number of nitrogens with one attached hydrogen (secondary N) is 1. The first kappa shape index (κ1) is 16.5. The van der Waals surface area contributed by atoms with E-state index in [0.717, 1.165) is 29.7 Å². The Balaban J connectivity index is 1.56. The smallest absolute Gasteiger partial charge is 0.229 e. The number of rotatable bonds is 6. The molecule has 4 rings (SSSR count). The third-order valence-corrected chi connectivity index (χ3v) is 5.33. The predicted molar refractivity (Wildman–Crippen MR) is 96.4 cm³/mol. The Kier molecular flexibility index (Phi) is 4.02. The number of hydrogen-bond donors (Lipinski definition) is 2. The molecule has 2 heterocycles. The predicted octanol–water partition coefficient (Wildman–Crippen LogP) is 3.34. The number of hydrogen-bond acceptors (Lipinski definition) is 4. The summed E-state index contributed by atoms with van der Waals surface area (Å²) < 4.78 is 2.07. The highest BCUT2D eigenvalue weighted by Crippen LogP contribution is 2.38. The minimum atomic E-state index is -0.951. The number of aromatic nitrogens is 3. The van der Waals surface area contributed by atoms with E-state index in [0.29, 0.717) is 24.3 Å². The van der Waals surface area contributed by atoms with E-state index in [4.69, 9.17) is 0 Å². The molecule has 0 bridgehead atoms. The highest BCUT2D eigenvalue weighted by Gasteiger charge is 2.34. The van der Waals surface area contributed by atoms with E-state index in [1.165, 1.54) is 19.3 Å². The molecule has 0 spiro atoms. The highest BCUT2D eigenvalue weighted by molar-refractivity contribution is 5.91. The summed E-state index contributed by atoms with van der Waals surface area (Å²) in [6.45, 7) is 3.72. The fraction of sp³-hybridized carbons (Fsp3) is 0.632. The molecule has 0 aliphatic heterocycles. The van der Waals surface area contributed by atoms with Gasteiger partial charge in [-0.25, -0.2) is 9.97 Å². The van der Waals surface area contributed by atoms with Gasteiger partial charge in [-0.1, -0.05) is 12.8 Å². The lowest BCUT2D eigenvalue weighted by molar-refractivity contribution is -0.120. The number of carbonyl (C=O) groups excluding carboxylic acids is 1. The summed E-state index contributed by atoms with van der Waals surface area (Å²) >= 11 is 0. The molecule has 1 atom stereocenters. The molecule has 134 valence electrons. The lowest BCUT2D eigenvalue weighted by Crippen LogP contribution is -2.32. The Morgan fingerprint density at radius 3 is 2.72 bits per heavy atom. The van der Waals surface area contributed by atoms with E-state index in [9.17, 15) is 9.90 Å². The van der Waals surface area contributed by atoms with Gasteiger partial charge in [0.1, 0.15) is 5.52 Å². The van der Waals surface area contributed by atoms with Crippen molar-refractivity contribution >= 4 is 23.0 Å². The first-order chi connectivity index (χ1) is 11.9. The molecule has 2 aliphatic carbocycles. The van der Waals surface area contributed by atoms with Gasteiger partial charge in [0, 0.05) is 11.7 Å². The zero-order valence-corrected chi connectivity index (χ0v) is 15.0. The molecular weight excluding hydrogens is 316 g/mol. The number of amides is 1. The Morgan fingerprint density at radius 2 is 2.08 bits per heavy atom. The van der Waals surface area contributed by atoms with Gasteiger partial charge in [-0.3, -0.25) is 14.7 Å². The lowest BCUT2D eigenvalue weighted by atomic mass is 9.93. The van der Waals surface area contributed by atoms with Gasteiger partial charge in [-0.2, -0.15) is 0 Å². The summed E-state index contributed by atoms with van der Waals surface area (Å²) in [7, 11) is 0. The van der Waals surface area contributed by atoms with Crippen LogP contribution in [-0.2, 0) is 4.79 Å². The first-order valence-corrected chi connectivity index (χ1v) is 9.29. The summed E-state index contributed by atoms with van der Waals surface area (Å²) in [5.41, 5.74) is 1.63. The summed E-state index contributed by atoms with van der Waals surface area (Å²) in [5.74, 6) is 0.956. The molecule has 25 heavy (non-hydrogen) atoms. The van der Waals surface area contributed by atoms with Crippen molar-refractivity contribution in [2.45, 2.75) is 70.4 Å². The molecule has 2 aromatic heterocycles. The van der Waals surface area contributed by atoms with Gasteiger partial charge in [0.05, 0.1) is 12.0 Å². The van der Waals surface area contributed by atoms with Crippen molar-refractivity contribution in [1.29, 1.82) is 0 Å². The van der Waals surface area contributed by atoms with Crippen LogP contribution in [0.25, 0.3) is 11.2 Å². The minimum Gasteiger partial charge on any atom is -0.390 e. The third-order valence-electron chi connectivity index (χ3n) is 5.33. The van der Waals surface area contributed by atoms with Crippen molar-refractivity contribution in [1.82, 2.24) is 14.5 Å². The number of nitrogens with zero attached hydrogens (tertiary/aromatic N) is 3. The maximum atomic E-state index is 12.5. The first-order valence-electron chi connectivity index (χ1n) is 9.29. The lowest BCUT2D eigenvalue weighted by Gasteiger charge is -2.29. The largest absolute Gasteiger partial charge is 0.390 e. The quantitative estimate of drug-likeness (QED) is 0.844. The molecule has 0 aromatic carbocycles. The molecule has 2 N–H and O–H groups in total. The van der Waals surface area contributed by atoms with Crippen LogP contribution in [0.3, 0.4) is 0 Å². The van der Waals surface area contributed by atoms with Crippen molar-refractivity contribution < 1.29 is 9.90 Å². The second kappa shape index (κ2) is 6.09. The van der Waals surface area contributed by atoms with Crippen molar-refractivity contribution in [3.63, 3.8) is 0 Å². The van der Waals surface area contributed by atoms with Crippen molar-refractivity contribution in [2.24, 2.45) is 5.92 Å². The van der Waals surface area contributed by atoms with Crippen LogP contribution in [0.15, 0.2) is 12.1 Å². The van der Waals surface area contributed by atoms with E-state index in [2.05, 4.69) is 19.9 Å². The summed E-state index contributed by atoms with van der Waals surface area (Å²) in [5, 5.41) is 13.4. The van der Waals surface area contributed by atoms with E-state index >= 15 is 0 Å². The summed E-state index contributed by atoms with van der Waals surface area (Å²) in [6.07, 6.45) is 6.50. The molecule has 6 heteroatoms. The van der Waals surface area contributed by atoms with Gasteiger partial charge in [0.15, 0.2) is 5.65 Å². The van der Waals surface area contributed by atoms with E-state index in [-0.39, 0.29) is 12.3 Å². The Hall–Kier alpha value is -1.95. The number of aliphatic hydroxyl groups is 1. The fourth-order valence-corrected chi connectivity index (χ4v) is 3.68. The van der Waals surface area contributed by atoms with Crippen LogP contribution in [0.4, 0.5) is 5.95 Å². The highest BCUT2D eigenvalue weighted by atomic mass is 16.3. The number of pyridine rings is 1. The van der Waals surface area contributed by atoms with E-state index < -0.39 is 5.60 Å². The summed E-state index contributed by atoms with van der Waals surface area (Å²) in [4.78, 5) is 21.7. The fourth-order valence-electron chi connectivity index (χ4n) is 3.68. The molecule has 1 unspecified atom stereocenters. The van der Waals surface area contributed by atoms with Gasteiger partial charge in [-0.15, -0.1) is 0 Å². The molecule has 2 aromatic rings. The standard InChI is InChI=1S/C19H26N4O2/c1-12-6-9-15-17(20-12)23(14-4-3-5-14)18(21-15)22-16(24)11-19(2,25)10-13-7-8-13/h6,9,13-14,25H,3-5,7-8,10-11H2,1-2H3,(H,21,22,24). The molecule has 2 fully saturated rings. The monoisotopic (exact) mass is 342 g/mol. The number of carbonyl (C=O) groups is 1. The van der Waals surface area contributed by atoms with Crippen LogP contribution in [0.1, 0.15) is 63.6 Å². The SMILES string of the molecule is Cc1ccc2nc(NC(=O)CC(C)(O)CC3CC3)n(C3CCC3)c2n1.